The van der Waals surface area contributed by atoms with E-state index in [4.69, 9.17) is 9.47 Å². The zero-order valence-corrected chi connectivity index (χ0v) is 16.0. The molecule has 4 rings (SSSR count). The Morgan fingerprint density at radius 3 is 2.59 bits per heavy atom. The fraction of sp³-hybridized carbons (Fsp3) is 0.136. The molecule has 1 aliphatic rings. The van der Waals surface area contributed by atoms with Gasteiger partial charge in [0.15, 0.2) is 11.5 Å². The summed E-state index contributed by atoms with van der Waals surface area (Å²) < 4.78 is 10.6. The summed E-state index contributed by atoms with van der Waals surface area (Å²) in [5.41, 5.74) is 4.46. The maximum Gasteiger partial charge on any atom is 0.260 e. The summed E-state index contributed by atoms with van der Waals surface area (Å²) in [4.78, 5) is 26.6. The number of carbonyl (C=O) groups is 2. The first-order valence-corrected chi connectivity index (χ1v) is 9.00. The summed E-state index contributed by atoms with van der Waals surface area (Å²) in [7, 11) is 3.08. The van der Waals surface area contributed by atoms with E-state index in [0.717, 1.165) is 16.5 Å². The maximum atomic E-state index is 12.7. The highest BCUT2D eigenvalue weighted by Crippen LogP contribution is 2.36. The minimum Gasteiger partial charge on any atom is -0.493 e. The lowest BCUT2D eigenvalue weighted by atomic mass is 10.1. The predicted octanol–water partition coefficient (Wildman–Crippen LogP) is 2.97. The Morgan fingerprint density at radius 1 is 1.07 bits per heavy atom. The van der Waals surface area contributed by atoms with E-state index < -0.39 is 5.91 Å². The second kappa shape index (κ2) is 7.63. The van der Waals surface area contributed by atoms with Crippen molar-refractivity contribution >= 4 is 34.5 Å². The van der Waals surface area contributed by atoms with Crippen LogP contribution in [0.25, 0.3) is 10.8 Å². The molecule has 0 saturated carbocycles. The Morgan fingerprint density at radius 2 is 1.83 bits per heavy atom. The molecule has 29 heavy (non-hydrogen) atoms. The highest BCUT2D eigenvalue weighted by atomic mass is 16.5. The first-order chi connectivity index (χ1) is 14.1. The molecule has 1 heterocycles. The standard InChI is InChI=1S/C22H19N3O4/c1-28-18-11-5-8-15(21(18)29-2)12-23-24-19(26)13-25-17-10-4-7-14-6-3-9-16(20(14)17)22(25)27/h3-12H,13H2,1-2H3,(H,24,26)/b23-12-. The Hall–Kier alpha value is -3.87. The van der Waals surface area contributed by atoms with Crippen molar-refractivity contribution in [3.05, 3.63) is 65.7 Å². The lowest BCUT2D eigenvalue weighted by molar-refractivity contribution is -0.119. The first-order valence-electron chi connectivity index (χ1n) is 9.00. The van der Waals surface area contributed by atoms with Crippen LogP contribution in [0.3, 0.4) is 0 Å². The van der Waals surface area contributed by atoms with Crippen LogP contribution < -0.4 is 19.8 Å². The molecule has 1 N–H and O–H groups in total. The van der Waals surface area contributed by atoms with Crippen LogP contribution in [0.5, 0.6) is 11.5 Å². The monoisotopic (exact) mass is 389 g/mol. The molecule has 0 saturated heterocycles. The van der Waals surface area contributed by atoms with Gasteiger partial charge >= 0.3 is 0 Å². The van der Waals surface area contributed by atoms with E-state index in [1.807, 2.05) is 30.3 Å². The number of amides is 2. The molecule has 3 aromatic rings. The van der Waals surface area contributed by atoms with Gasteiger partial charge in [0.2, 0.25) is 0 Å². The maximum absolute atomic E-state index is 12.7. The third-order valence-electron chi connectivity index (χ3n) is 4.78. The number of carbonyl (C=O) groups excluding carboxylic acids is 2. The number of hydrogen-bond donors (Lipinski definition) is 1. The van der Waals surface area contributed by atoms with E-state index in [0.29, 0.717) is 22.6 Å². The summed E-state index contributed by atoms with van der Waals surface area (Å²) in [6.07, 6.45) is 1.47. The molecule has 2 amide bonds. The largest absolute Gasteiger partial charge is 0.493 e. The molecule has 0 unspecified atom stereocenters. The molecule has 7 heteroatoms. The molecular formula is C22H19N3O4. The van der Waals surface area contributed by atoms with E-state index in [1.165, 1.54) is 18.2 Å². The van der Waals surface area contributed by atoms with Crippen LogP contribution in [0.4, 0.5) is 5.69 Å². The van der Waals surface area contributed by atoms with E-state index in [1.54, 1.807) is 31.4 Å². The Labute approximate surface area is 167 Å². The molecule has 1 aliphatic heterocycles. The summed E-state index contributed by atoms with van der Waals surface area (Å²) in [6.45, 7) is -0.126. The normalized spacial score (nSPS) is 12.6. The molecule has 0 atom stereocenters. The topological polar surface area (TPSA) is 80.2 Å². The average Bonchev–Trinajstić information content (AvgIpc) is 3.01. The molecule has 0 aromatic heterocycles. The van der Waals surface area contributed by atoms with E-state index in [2.05, 4.69) is 10.5 Å². The van der Waals surface area contributed by atoms with E-state index in [9.17, 15) is 9.59 Å². The Kier molecular flexibility index (Phi) is 4.87. The van der Waals surface area contributed by atoms with E-state index in [-0.39, 0.29) is 12.5 Å². The first kappa shape index (κ1) is 18.5. The van der Waals surface area contributed by atoms with Crippen molar-refractivity contribution in [1.29, 1.82) is 0 Å². The quantitative estimate of drug-likeness (QED) is 0.519. The smallest absolute Gasteiger partial charge is 0.260 e. The number of para-hydroxylation sites is 1. The highest BCUT2D eigenvalue weighted by molar-refractivity contribution is 6.26. The summed E-state index contributed by atoms with van der Waals surface area (Å²) in [5.74, 6) is 0.493. The third-order valence-corrected chi connectivity index (χ3v) is 4.78. The third kappa shape index (κ3) is 3.27. The van der Waals surface area contributed by atoms with Crippen molar-refractivity contribution < 1.29 is 19.1 Å². The van der Waals surface area contributed by atoms with E-state index >= 15 is 0 Å². The van der Waals surface area contributed by atoms with Crippen LogP contribution in [-0.2, 0) is 4.79 Å². The number of anilines is 1. The molecule has 146 valence electrons. The van der Waals surface area contributed by atoms with Crippen molar-refractivity contribution in [2.75, 3.05) is 25.7 Å². The molecule has 0 bridgehead atoms. The Bertz CT molecular complexity index is 1130. The molecule has 3 aromatic carbocycles. The van der Waals surface area contributed by atoms with Crippen molar-refractivity contribution in [1.82, 2.24) is 5.43 Å². The highest BCUT2D eigenvalue weighted by Gasteiger charge is 2.30. The van der Waals surface area contributed by atoms with Crippen LogP contribution >= 0.6 is 0 Å². The minimum absolute atomic E-state index is 0.126. The van der Waals surface area contributed by atoms with Gasteiger partial charge in [0.1, 0.15) is 6.54 Å². The van der Waals surface area contributed by atoms with Gasteiger partial charge in [0.05, 0.1) is 26.1 Å². The van der Waals surface area contributed by atoms with Gasteiger partial charge in [0.25, 0.3) is 11.8 Å². The molecule has 0 aliphatic carbocycles. The molecular weight excluding hydrogens is 370 g/mol. The van der Waals surface area contributed by atoms with Gasteiger partial charge in [-0.3, -0.25) is 14.5 Å². The molecule has 0 spiro atoms. The number of nitrogens with zero attached hydrogens (tertiary/aromatic N) is 2. The number of hydrogen-bond acceptors (Lipinski definition) is 5. The lowest BCUT2D eigenvalue weighted by Gasteiger charge is -2.16. The number of hydrazone groups is 1. The molecule has 7 nitrogen and oxygen atoms in total. The average molecular weight is 389 g/mol. The molecule has 0 fully saturated rings. The van der Waals surface area contributed by atoms with Gasteiger partial charge in [-0.1, -0.05) is 30.3 Å². The van der Waals surface area contributed by atoms with Crippen molar-refractivity contribution in [2.24, 2.45) is 5.10 Å². The predicted molar refractivity (Wildman–Crippen MR) is 111 cm³/mol. The number of nitrogens with one attached hydrogen (secondary N) is 1. The fourth-order valence-electron chi connectivity index (χ4n) is 3.50. The zero-order chi connectivity index (χ0) is 20.4. The van der Waals surface area contributed by atoms with Crippen LogP contribution in [0.15, 0.2) is 59.7 Å². The summed E-state index contributed by atoms with van der Waals surface area (Å²) >= 11 is 0. The van der Waals surface area contributed by atoms with Gasteiger partial charge in [-0.05, 0) is 29.7 Å². The van der Waals surface area contributed by atoms with Crippen LogP contribution in [-0.4, -0.2) is 38.8 Å². The van der Waals surface area contributed by atoms with Gasteiger partial charge in [-0.25, -0.2) is 5.43 Å². The zero-order valence-electron chi connectivity index (χ0n) is 16.0. The second-order valence-electron chi connectivity index (χ2n) is 6.45. The van der Waals surface area contributed by atoms with Gasteiger partial charge in [-0.15, -0.1) is 0 Å². The lowest BCUT2D eigenvalue weighted by Crippen LogP contribution is -2.37. The molecule has 0 radical (unpaired) electrons. The SMILES string of the molecule is COc1cccc(/C=N\NC(=O)CN2C(=O)c3cccc4cccc2c34)c1OC. The minimum atomic E-state index is -0.402. The van der Waals surface area contributed by atoms with Crippen molar-refractivity contribution in [3.8, 4) is 11.5 Å². The summed E-state index contributed by atoms with van der Waals surface area (Å²) in [5, 5.41) is 5.84. The van der Waals surface area contributed by atoms with Crippen molar-refractivity contribution in [3.63, 3.8) is 0 Å². The Balaban J connectivity index is 1.49. The van der Waals surface area contributed by atoms with Crippen LogP contribution in [0, 0.1) is 0 Å². The van der Waals surface area contributed by atoms with Gasteiger partial charge < -0.3 is 9.47 Å². The summed E-state index contributed by atoms with van der Waals surface area (Å²) in [6, 6.07) is 16.6. The fourth-order valence-corrected chi connectivity index (χ4v) is 3.50. The van der Waals surface area contributed by atoms with Crippen LogP contribution in [0.2, 0.25) is 0 Å². The number of benzene rings is 3. The van der Waals surface area contributed by atoms with Gasteiger partial charge in [0, 0.05) is 16.5 Å². The number of ether oxygens (including phenoxy) is 2. The second-order valence-corrected chi connectivity index (χ2v) is 6.45. The number of rotatable bonds is 6. The van der Waals surface area contributed by atoms with Crippen molar-refractivity contribution in [2.45, 2.75) is 0 Å². The number of methoxy groups -OCH3 is 2. The van der Waals surface area contributed by atoms with Crippen LogP contribution in [0.1, 0.15) is 15.9 Å². The van der Waals surface area contributed by atoms with Gasteiger partial charge in [-0.2, -0.15) is 5.10 Å².